The number of carbonyl (C=O) groups excluding carboxylic acids is 6. The van der Waals surface area contributed by atoms with Crippen LogP contribution in [0.2, 0.25) is 0 Å². The van der Waals surface area contributed by atoms with E-state index >= 15 is 0 Å². The molecule has 6 amide bonds. The molecular formula is C32H58N8O6. The number of hydrogen-bond acceptors (Lipinski definition) is 8. The van der Waals surface area contributed by atoms with E-state index in [2.05, 4.69) is 10.6 Å². The molecule has 6 N–H and O–H groups in total. The Bertz CT molecular complexity index is 1060. The Hall–Kier alpha value is -3.26. The molecule has 0 radical (unpaired) electrons. The number of hydrogen-bond donors (Lipinski definition) is 4. The van der Waals surface area contributed by atoms with Crippen molar-refractivity contribution in [3.8, 4) is 0 Å². The minimum Gasteiger partial charge on any atom is -0.348 e. The molecule has 0 aromatic heterocycles. The second-order valence-electron chi connectivity index (χ2n) is 15.4. The van der Waals surface area contributed by atoms with Crippen LogP contribution in [0.3, 0.4) is 0 Å². The molecule has 2 saturated heterocycles. The van der Waals surface area contributed by atoms with Crippen molar-refractivity contribution in [3.63, 3.8) is 0 Å². The Morgan fingerprint density at radius 3 is 1.07 bits per heavy atom. The van der Waals surface area contributed by atoms with Gasteiger partial charge in [-0.1, -0.05) is 12.8 Å². The highest BCUT2D eigenvalue weighted by atomic mass is 16.2. The first-order valence-electron chi connectivity index (χ1n) is 16.3. The van der Waals surface area contributed by atoms with Gasteiger partial charge in [0.2, 0.25) is 11.8 Å². The van der Waals surface area contributed by atoms with E-state index in [0.29, 0.717) is 51.6 Å². The molecule has 2 aliphatic rings. The van der Waals surface area contributed by atoms with Crippen molar-refractivity contribution in [2.45, 2.75) is 155 Å². The zero-order chi connectivity index (χ0) is 35.4. The van der Waals surface area contributed by atoms with Crippen molar-refractivity contribution in [2.24, 2.45) is 11.7 Å². The molecule has 14 nitrogen and oxygen atoms in total. The quantitative estimate of drug-likeness (QED) is 0.0944. The van der Waals surface area contributed by atoms with Gasteiger partial charge in [-0.25, -0.2) is 11.7 Å². The van der Waals surface area contributed by atoms with E-state index < -0.39 is 57.9 Å². The normalized spacial score (nSPS) is 20.4. The standard InChI is InChI=1S/C32H58N8O6/c1-21(41)39-29(3,4)17-23(18-30(39,5)6)37(33)27(45)25(43)35-15-13-11-12-14-16-36-26(44)28(46)38(34)24-19-31(7,8)40(22(2)42)32(9,10)20-24/h23-24H,11-20,33-34H2,1-10H3,(H,35,43)(H,36,44). The highest BCUT2D eigenvalue weighted by molar-refractivity contribution is 6.35. The molecule has 0 aromatic rings. The van der Waals surface area contributed by atoms with E-state index in [-0.39, 0.29) is 11.8 Å². The van der Waals surface area contributed by atoms with Gasteiger partial charge in [-0.15, -0.1) is 0 Å². The summed E-state index contributed by atoms with van der Waals surface area (Å²) in [4.78, 5) is 78.8. The Labute approximate surface area is 274 Å². The van der Waals surface area contributed by atoms with Crippen molar-refractivity contribution in [3.05, 3.63) is 0 Å². The van der Waals surface area contributed by atoms with E-state index in [1.165, 1.54) is 13.8 Å². The van der Waals surface area contributed by atoms with Crippen molar-refractivity contribution in [1.82, 2.24) is 30.5 Å². The Balaban J connectivity index is 1.71. The molecule has 46 heavy (non-hydrogen) atoms. The summed E-state index contributed by atoms with van der Waals surface area (Å²) in [6.07, 6.45) is 4.52. The summed E-state index contributed by atoms with van der Waals surface area (Å²) in [6.45, 7) is 19.1. The van der Waals surface area contributed by atoms with Crippen molar-refractivity contribution in [2.75, 3.05) is 13.1 Å². The number of nitrogens with one attached hydrogen (secondary N) is 2. The lowest BCUT2D eigenvalue weighted by molar-refractivity contribution is -0.158. The van der Waals surface area contributed by atoms with Crippen LogP contribution in [0.5, 0.6) is 0 Å². The largest absolute Gasteiger partial charge is 0.348 e. The fraction of sp³-hybridized carbons (Fsp3) is 0.812. The molecule has 14 heteroatoms. The van der Waals surface area contributed by atoms with Gasteiger partial charge < -0.3 is 20.4 Å². The third-order valence-corrected chi connectivity index (χ3v) is 9.31. The summed E-state index contributed by atoms with van der Waals surface area (Å²) >= 11 is 0. The number of nitrogens with two attached hydrogens (primary N) is 2. The van der Waals surface area contributed by atoms with E-state index in [0.717, 1.165) is 22.9 Å². The van der Waals surface area contributed by atoms with Crippen LogP contribution in [0.1, 0.15) is 121 Å². The van der Waals surface area contributed by atoms with Gasteiger partial charge in [-0.2, -0.15) is 0 Å². The molecule has 2 heterocycles. The zero-order valence-electron chi connectivity index (χ0n) is 29.6. The summed E-state index contributed by atoms with van der Waals surface area (Å²) in [5, 5.41) is 7.26. The van der Waals surface area contributed by atoms with Crippen molar-refractivity contribution >= 4 is 35.4 Å². The van der Waals surface area contributed by atoms with Gasteiger partial charge in [0, 0.05) is 49.1 Å². The minimum atomic E-state index is -0.814. The number of piperidine rings is 2. The Morgan fingerprint density at radius 1 is 0.565 bits per heavy atom. The molecule has 0 atom stereocenters. The molecule has 2 fully saturated rings. The van der Waals surface area contributed by atoms with Crippen LogP contribution >= 0.6 is 0 Å². The summed E-state index contributed by atoms with van der Waals surface area (Å²) in [5.74, 6) is 8.97. The van der Waals surface area contributed by atoms with Crippen LogP contribution in [0, 0.1) is 0 Å². The molecule has 0 spiro atoms. The van der Waals surface area contributed by atoms with E-state index in [1.54, 1.807) is 0 Å². The molecule has 2 rings (SSSR count). The molecule has 0 bridgehead atoms. The summed E-state index contributed by atoms with van der Waals surface area (Å²) in [5.41, 5.74) is -2.14. The molecule has 0 unspecified atom stereocenters. The second-order valence-corrected chi connectivity index (χ2v) is 15.4. The maximum atomic E-state index is 12.8. The number of unbranched alkanes of at least 4 members (excludes halogenated alkanes) is 3. The summed E-state index contributed by atoms with van der Waals surface area (Å²) < 4.78 is 0. The molecule has 0 aromatic carbocycles. The lowest BCUT2D eigenvalue weighted by Gasteiger charge is -2.56. The number of amides is 6. The first-order valence-corrected chi connectivity index (χ1v) is 16.3. The van der Waals surface area contributed by atoms with Crippen LogP contribution in [-0.4, -0.2) is 103 Å². The maximum absolute atomic E-state index is 12.8. The number of hydrazine groups is 2. The van der Waals surface area contributed by atoms with Gasteiger partial charge in [0.25, 0.3) is 0 Å². The van der Waals surface area contributed by atoms with E-state index in [9.17, 15) is 28.8 Å². The molecular weight excluding hydrogens is 592 g/mol. The zero-order valence-corrected chi connectivity index (χ0v) is 29.6. The Kier molecular flexibility index (Phi) is 12.4. The lowest BCUT2D eigenvalue weighted by Crippen LogP contribution is -2.67. The lowest BCUT2D eigenvalue weighted by atomic mass is 9.76. The van der Waals surface area contributed by atoms with Crippen LogP contribution in [0.4, 0.5) is 0 Å². The number of nitrogens with zero attached hydrogens (tertiary/aromatic N) is 4. The summed E-state index contributed by atoms with van der Waals surface area (Å²) in [7, 11) is 0. The molecule has 0 aliphatic carbocycles. The maximum Gasteiger partial charge on any atom is 0.326 e. The van der Waals surface area contributed by atoms with Gasteiger partial charge in [-0.05, 0) is 93.9 Å². The predicted molar refractivity (Wildman–Crippen MR) is 174 cm³/mol. The first kappa shape index (κ1) is 38.9. The first-order chi connectivity index (χ1) is 21.0. The highest BCUT2D eigenvalue weighted by Gasteiger charge is 2.50. The average molecular weight is 651 g/mol. The van der Waals surface area contributed by atoms with E-state index in [4.69, 9.17) is 11.7 Å². The van der Waals surface area contributed by atoms with Crippen molar-refractivity contribution in [1.29, 1.82) is 0 Å². The topological polar surface area (TPSA) is 191 Å². The second kappa shape index (κ2) is 14.7. The fourth-order valence-corrected chi connectivity index (χ4v) is 8.28. The van der Waals surface area contributed by atoms with Crippen LogP contribution < -0.4 is 22.3 Å². The monoisotopic (exact) mass is 650 g/mol. The summed E-state index contributed by atoms with van der Waals surface area (Å²) in [6, 6.07) is -0.795. The van der Waals surface area contributed by atoms with Gasteiger partial charge in [-0.3, -0.25) is 38.8 Å². The minimum absolute atomic E-state index is 0.0496. The van der Waals surface area contributed by atoms with Crippen LogP contribution in [-0.2, 0) is 28.8 Å². The molecule has 262 valence electrons. The van der Waals surface area contributed by atoms with Crippen molar-refractivity contribution < 1.29 is 28.8 Å². The van der Waals surface area contributed by atoms with E-state index in [1.807, 2.05) is 65.2 Å². The third kappa shape index (κ3) is 9.18. The predicted octanol–water partition coefficient (Wildman–Crippen LogP) is 1.32. The van der Waals surface area contributed by atoms with Gasteiger partial charge >= 0.3 is 23.6 Å². The number of likely N-dealkylation sites (tertiary alicyclic amines) is 2. The average Bonchev–Trinajstić information content (AvgIpc) is 2.88. The van der Waals surface area contributed by atoms with Crippen LogP contribution in [0.15, 0.2) is 0 Å². The highest BCUT2D eigenvalue weighted by Crippen LogP contribution is 2.41. The third-order valence-electron chi connectivity index (χ3n) is 9.31. The smallest absolute Gasteiger partial charge is 0.326 e. The number of carbonyl (C=O) groups is 6. The molecule has 2 aliphatic heterocycles. The van der Waals surface area contributed by atoms with Gasteiger partial charge in [0.1, 0.15) is 0 Å². The van der Waals surface area contributed by atoms with Gasteiger partial charge in [0.05, 0.1) is 12.1 Å². The molecule has 0 saturated carbocycles. The SMILES string of the molecule is CC(=O)N1C(C)(C)CC(N(N)C(=O)C(=O)NCCCCCCNC(=O)C(=O)N(N)C2CC(C)(C)N(C(C)=O)C(C)(C)C2)CC1(C)C. The van der Waals surface area contributed by atoms with Gasteiger partial charge in [0.15, 0.2) is 0 Å². The fourth-order valence-electron chi connectivity index (χ4n) is 8.28. The van der Waals surface area contributed by atoms with Crippen LogP contribution in [0.25, 0.3) is 0 Å². The number of rotatable bonds is 9. The Morgan fingerprint density at radius 2 is 0.826 bits per heavy atom.